The lowest BCUT2D eigenvalue weighted by Gasteiger charge is -2.44. The van der Waals surface area contributed by atoms with Crippen molar-refractivity contribution in [1.29, 1.82) is 0 Å². The lowest BCUT2D eigenvalue weighted by atomic mass is 9.73. The van der Waals surface area contributed by atoms with Crippen molar-refractivity contribution < 1.29 is 9.47 Å². The van der Waals surface area contributed by atoms with Crippen LogP contribution in [0.2, 0.25) is 5.02 Å². The Morgan fingerprint density at radius 3 is 2.86 bits per heavy atom. The van der Waals surface area contributed by atoms with E-state index in [4.69, 9.17) is 26.8 Å². The Morgan fingerprint density at radius 2 is 2.24 bits per heavy atom. The summed E-state index contributed by atoms with van der Waals surface area (Å²) >= 11 is 6.11. The highest BCUT2D eigenvalue weighted by Crippen LogP contribution is 2.43. The molecule has 118 valence electrons. The quantitative estimate of drug-likeness (QED) is 0.880. The molecule has 3 nitrogen and oxygen atoms in total. The van der Waals surface area contributed by atoms with E-state index >= 15 is 0 Å². The smallest absolute Gasteiger partial charge is 0.137 e. The first-order valence-corrected chi connectivity index (χ1v) is 8.13. The molecular weight excluding hydrogens is 286 g/mol. The number of rotatable bonds is 5. The van der Waals surface area contributed by atoms with E-state index in [-0.39, 0.29) is 11.6 Å². The van der Waals surface area contributed by atoms with Crippen molar-refractivity contribution in [1.82, 2.24) is 0 Å². The van der Waals surface area contributed by atoms with Crippen molar-refractivity contribution >= 4 is 11.6 Å². The molecule has 0 heterocycles. The van der Waals surface area contributed by atoms with E-state index in [0.29, 0.717) is 23.3 Å². The second kappa shape index (κ2) is 6.99. The van der Waals surface area contributed by atoms with Gasteiger partial charge in [0.1, 0.15) is 5.75 Å². The Morgan fingerprint density at radius 1 is 1.48 bits per heavy atom. The predicted molar refractivity (Wildman–Crippen MR) is 86.9 cm³/mol. The summed E-state index contributed by atoms with van der Waals surface area (Å²) in [7, 11) is 1.62. The van der Waals surface area contributed by atoms with Gasteiger partial charge in [-0.15, -0.1) is 0 Å². The largest absolute Gasteiger partial charge is 0.495 e. The molecular formula is C17H26ClNO2. The van der Waals surface area contributed by atoms with Crippen LogP contribution in [-0.4, -0.2) is 19.3 Å². The van der Waals surface area contributed by atoms with Gasteiger partial charge in [-0.05, 0) is 43.4 Å². The number of halogens is 1. The molecule has 3 unspecified atom stereocenters. The Hall–Kier alpha value is -0.770. The van der Waals surface area contributed by atoms with Gasteiger partial charge in [-0.1, -0.05) is 37.4 Å². The van der Waals surface area contributed by atoms with Gasteiger partial charge < -0.3 is 15.2 Å². The fourth-order valence-electron chi connectivity index (χ4n) is 3.51. The van der Waals surface area contributed by atoms with Crippen molar-refractivity contribution in [3.05, 3.63) is 28.8 Å². The van der Waals surface area contributed by atoms with Gasteiger partial charge in [0, 0.05) is 6.61 Å². The Bertz CT molecular complexity index is 476. The summed E-state index contributed by atoms with van der Waals surface area (Å²) in [5.41, 5.74) is 7.36. The van der Waals surface area contributed by atoms with Crippen LogP contribution in [0, 0.1) is 5.92 Å². The molecule has 1 aliphatic rings. The van der Waals surface area contributed by atoms with E-state index in [0.717, 1.165) is 18.4 Å². The zero-order chi connectivity index (χ0) is 15.5. The second-order valence-electron chi connectivity index (χ2n) is 6.07. The minimum atomic E-state index is -0.273. The molecule has 1 aromatic rings. The molecule has 0 aromatic heterocycles. The molecule has 4 heteroatoms. The molecule has 0 amide bonds. The molecule has 1 aliphatic carbocycles. The van der Waals surface area contributed by atoms with E-state index in [2.05, 4.69) is 6.92 Å². The fraction of sp³-hybridized carbons (Fsp3) is 0.647. The molecule has 0 spiro atoms. The number of benzene rings is 1. The van der Waals surface area contributed by atoms with E-state index in [1.165, 1.54) is 12.8 Å². The van der Waals surface area contributed by atoms with Crippen LogP contribution in [0.25, 0.3) is 0 Å². The highest BCUT2D eigenvalue weighted by atomic mass is 35.5. The van der Waals surface area contributed by atoms with Gasteiger partial charge in [0.15, 0.2) is 0 Å². The molecule has 2 rings (SSSR count). The van der Waals surface area contributed by atoms with E-state index in [9.17, 15) is 0 Å². The Balaban J connectivity index is 2.31. The SMILES string of the molecule is CCOC1(C(N)c2ccc(Cl)c(OC)c2)CCCC(C)C1. The topological polar surface area (TPSA) is 44.5 Å². The fourth-order valence-corrected chi connectivity index (χ4v) is 3.70. The standard InChI is InChI=1S/C17H26ClNO2/c1-4-21-17(9-5-6-12(2)11-17)16(19)13-7-8-14(18)15(10-13)20-3/h7-8,10,12,16H,4-6,9,11,19H2,1-3H3. The summed E-state index contributed by atoms with van der Waals surface area (Å²) in [4.78, 5) is 0. The van der Waals surface area contributed by atoms with Crippen LogP contribution in [0.1, 0.15) is 51.1 Å². The lowest BCUT2D eigenvalue weighted by Crippen LogP contribution is -2.47. The zero-order valence-electron chi connectivity index (χ0n) is 13.2. The number of nitrogens with two attached hydrogens (primary N) is 1. The van der Waals surface area contributed by atoms with Gasteiger partial charge in [0.05, 0.1) is 23.8 Å². The predicted octanol–water partition coefficient (Wildman–Crippen LogP) is 4.33. The third-order valence-corrected chi connectivity index (χ3v) is 4.84. The Labute approximate surface area is 132 Å². The second-order valence-corrected chi connectivity index (χ2v) is 6.48. The third-order valence-electron chi connectivity index (χ3n) is 4.52. The molecule has 0 aliphatic heterocycles. The van der Waals surface area contributed by atoms with Gasteiger partial charge in [0.2, 0.25) is 0 Å². The minimum absolute atomic E-state index is 0.161. The van der Waals surface area contributed by atoms with Gasteiger partial charge in [-0.25, -0.2) is 0 Å². The number of hydrogen-bond acceptors (Lipinski definition) is 3. The monoisotopic (exact) mass is 311 g/mol. The van der Waals surface area contributed by atoms with Crippen LogP contribution in [0.5, 0.6) is 5.75 Å². The minimum Gasteiger partial charge on any atom is -0.495 e. The lowest BCUT2D eigenvalue weighted by molar-refractivity contribution is -0.0938. The van der Waals surface area contributed by atoms with E-state index < -0.39 is 0 Å². The van der Waals surface area contributed by atoms with Gasteiger partial charge in [-0.2, -0.15) is 0 Å². The summed E-state index contributed by atoms with van der Waals surface area (Å²) in [5.74, 6) is 1.31. The first kappa shape index (κ1) is 16.6. The maximum Gasteiger partial charge on any atom is 0.137 e. The molecule has 0 bridgehead atoms. The Kier molecular flexibility index (Phi) is 5.53. The summed E-state index contributed by atoms with van der Waals surface area (Å²) < 4.78 is 11.5. The molecule has 1 aromatic carbocycles. The van der Waals surface area contributed by atoms with E-state index in [1.807, 2.05) is 25.1 Å². The maximum absolute atomic E-state index is 6.60. The summed E-state index contributed by atoms with van der Waals surface area (Å²) in [6.07, 6.45) is 4.44. The summed E-state index contributed by atoms with van der Waals surface area (Å²) in [6.45, 7) is 5.00. The first-order chi connectivity index (χ1) is 10.0. The molecule has 1 saturated carbocycles. The van der Waals surface area contributed by atoms with Crippen LogP contribution in [0.3, 0.4) is 0 Å². The van der Waals surface area contributed by atoms with Crippen molar-refractivity contribution in [2.24, 2.45) is 11.7 Å². The number of ether oxygens (including phenoxy) is 2. The molecule has 0 radical (unpaired) electrons. The van der Waals surface area contributed by atoms with Crippen molar-refractivity contribution in [3.8, 4) is 5.75 Å². The van der Waals surface area contributed by atoms with Crippen molar-refractivity contribution in [3.63, 3.8) is 0 Å². The molecule has 1 fully saturated rings. The molecule has 21 heavy (non-hydrogen) atoms. The number of methoxy groups -OCH3 is 1. The molecule has 0 saturated heterocycles. The number of hydrogen-bond donors (Lipinski definition) is 1. The first-order valence-electron chi connectivity index (χ1n) is 7.75. The van der Waals surface area contributed by atoms with Gasteiger partial charge >= 0.3 is 0 Å². The van der Waals surface area contributed by atoms with Crippen LogP contribution >= 0.6 is 11.6 Å². The highest BCUT2D eigenvalue weighted by molar-refractivity contribution is 6.32. The third kappa shape index (κ3) is 3.53. The summed E-state index contributed by atoms with van der Waals surface area (Å²) in [5, 5.41) is 0.607. The molecule has 2 N–H and O–H groups in total. The van der Waals surface area contributed by atoms with Crippen molar-refractivity contribution in [2.75, 3.05) is 13.7 Å². The van der Waals surface area contributed by atoms with Crippen LogP contribution in [0.4, 0.5) is 0 Å². The average molecular weight is 312 g/mol. The zero-order valence-corrected chi connectivity index (χ0v) is 14.0. The normalized spacial score (nSPS) is 27.4. The highest BCUT2D eigenvalue weighted by Gasteiger charge is 2.41. The molecule has 3 atom stereocenters. The van der Waals surface area contributed by atoms with Crippen LogP contribution in [0.15, 0.2) is 18.2 Å². The van der Waals surface area contributed by atoms with Gasteiger partial charge in [0.25, 0.3) is 0 Å². The maximum atomic E-state index is 6.60. The van der Waals surface area contributed by atoms with E-state index in [1.54, 1.807) is 7.11 Å². The van der Waals surface area contributed by atoms with Crippen LogP contribution in [-0.2, 0) is 4.74 Å². The van der Waals surface area contributed by atoms with Crippen molar-refractivity contribution in [2.45, 2.75) is 51.2 Å². The van der Waals surface area contributed by atoms with Crippen LogP contribution < -0.4 is 10.5 Å². The van der Waals surface area contributed by atoms with Gasteiger partial charge in [-0.3, -0.25) is 0 Å². The average Bonchev–Trinajstić information content (AvgIpc) is 2.47. The summed E-state index contributed by atoms with van der Waals surface area (Å²) in [6, 6.07) is 5.61.